The van der Waals surface area contributed by atoms with Crippen molar-refractivity contribution in [3.8, 4) is 0 Å². The highest BCUT2D eigenvalue weighted by atomic mass is 16.6. The lowest BCUT2D eigenvalue weighted by atomic mass is 10.0. The van der Waals surface area contributed by atoms with Crippen molar-refractivity contribution in [3.05, 3.63) is 0 Å². The van der Waals surface area contributed by atoms with Crippen molar-refractivity contribution >= 4 is 24.1 Å². The van der Waals surface area contributed by atoms with Gasteiger partial charge in [0.05, 0.1) is 5.92 Å². The van der Waals surface area contributed by atoms with Gasteiger partial charge in [0.2, 0.25) is 0 Å². The minimum absolute atomic E-state index is 0.0990. The summed E-state index contributed by atoms with van der Waals surface area (Å²) < 4.78 is 22.2. The maximum absolute atomic E-state index is 13.2. The Bertz CT molecular complexity index is 717. The van der Waals surface area contributed by atoms with Crippen LogP contribution in [-0.4, -0.2) is 58.5 Å². The molecule has 1 aliphatic carbocycles. The van der Waals surface area contributed by atoms with Crippen molar-refractivity contribution < 1.29 is 38.1 Å². The largest absolute Gasteiger partial charge is 0.458 e. The number of imide groups is 1. The van der Waals surface area contributed by atoms with Crippen LogP contribution >= 0.6 is 0 Å². The number of esters is 2. The van der Waals surface area contributed by atoms with E-state index in [1.54, 1.807) is 48.5 Å². The summed E-state index contributed by atoms with van der Waals surface area (Å²) in [5, 5.41) is 0. The third-order valence-corrected chi connectivity index (χ3v) is 5.76. The molecule has 0 aromatic carbocycles. The van der Waals surface area contributed by atoms with Gasteiger partial charge in [0.25, 0.3) is 0 Å². The zero-order valence-corrected chi connectivity index (χ0v) is 21.7. The van der Waals surface area contributed by atoms with E-state index in [2.05, 4.69) is 0 Å². The van der Waals surface area contributed by atoms with E-state index in [0.717, 1.165) is 30.6 Å². The Kier molecular flexibility index (Phi) is 9.37. The summed E-state index contributed by atoms with van der Waals surface area (Å²) in [5.41, 5.74) is -1.76. The van der Waals surface area contributed by atoms with E-state index in [9.17, 15) is 19.2 Å². The standard InChI is InChI=1S/C25H41NO8/c1-16-19(32-20(27)17-12-8-9-13-17)15-11-10-14-18(21(28)31-16)26(22(29)33-24(2,3)4)23(30)34-25(5,6)7/h16-19H,8-15H2,1-7H3/t16-,18-,19+/m0/s1. The van der Waals surface area contributed by atoms with Gasteiger partial charge in [-0.05, 0) is 80.6 Å². The highest BCUT2D eigenvalue weighted by Crippen LogP contribution is 2.29. The Morgan fingerprint density at radius 3 is 1.79 bits per heavy atom. The normalized spacial score (nSPS) is 24.8. The molecule has 1 heterocycles. The lowest BCUT2D eigenvalue weighted by molar-refractivity contribution is -0.172. The molecule has 2 rings (SSSR count). The third kappa shape index (κ3) is 8.47. The Morgan fingerprint density at radius 1 is 0.824 bits per heavy atom. The highest BCUT2D eigenvalue weighted by Gasteiger charge is 2.42. The van der Waals surface area contributed by atoms with Crippen LogP contribution in [0.15, 0.2) is 0 Å². The van der Waals surface area contributed by atoms with Crippen molar-refractivity contribution in [2.45, 2.75) is 129 Å². The molecule has 0 N–H and O–H groups in total. The average Bonchev–Trinajstić information content (AvgIpc) is 3.21. The van der Waals surface area contributed by atoms with E-state index in [0.29, 0.717) is 19.3 Å². The van der Waals surface area contributed by atoms with E-state index in [4.69, 9.17) is 18.9 Å². The van der Waals surface area contributed by atoms with Crippen molar-refractivity contribution in [1.82, 2.24) is 4.90 Å². The fourth-order valence-corrected chi connectivity index (χ4v) is 4.12. The summed E-state index contributed by atoms with van der Waals surface area (Å²) in [6.07, 6.45) is 2.30. The molecule has 3 atom stereocenters. The summed E-state index contributed by atoms with van der Waals surface area (Å²) in [4.78, 5) is 52.4. The van der Waals surface area contributed by atoms with Crippen LogP contribution in [0.3, 0.4) is 0 Å². The Hall–Kier alpha value is -2.32. The number of hydrogen-bond acceptors (Lipinski definition) is 8. The molecule has 2 aliphatic rings. The van der Waals surface area contributed by atoms with Gasteiger partial charge in [-0.2, -0.15) is 4.90 Å². The molecule has 1 aliphatic heterocycles. The molecule has 1 saturated carbocycles. The molecular weight excluding hydrogens is 442 g/mol. The fourth-order valence-electron chi connectivity index (χ4n) is 4.12. The van der Waals surface area contributed by atoms with Gasteiger partial charge in [0.15, 0.2) is 0 Å². The SMILES string of the molecule is C[C@@H]1OC(=O)[C@@H](N(C(=O)OC(C)(C)C)C(=O)OC(C)(C)C)CCCC[C@H]1OC(=O)C1CCCC1. The third-order valence-electron chi connectivity index (χ3n) is 5.76. The van der Waals surface area contributed by atoms with Gasteiger partial charge in [0, 0.05) is 0 Å². The van der Waals surface area contributed by atoms with Gasteiger partial charge in [-0.25, -0.2) is 14.4 Å². The Labute approximate surface area is 202 Å². The summed E-state index contributed by atoms with van der Waals surface area (Å²) in [7, 11) is 0. The van der Waals surface area contributed by atoms with E-state index in [1.165, 1.54) is 0 Å². The van der Waals surface area contributed by atoms with E-state index in [1.807, 2.05) is 0 Å². The molecule has 34 heavy (non-hydrogen) atoms. The van der Waals surface area contributed by atoms with Gasteiger partial charge in [0.1, 0.15) is 29.5 Å². The average molecular weight is 484 g/mol. The number of cyclic esters (lactones) is 1. The second kappa shape index (κ2) is 11.4. The zero-order valence-electron chi connectivity index (χ0n) is 21.7. The van der Waals surface area contributed by atoms with Crippen molar-refractivity contribution in [3.63, 3.8) is 0 Å². The van der Waals surface area contributed by atoms with Crippen molar-refractivity contribution in [1.29, 1.82) is 0 Å². The second-order valence-corrected chi connectivity index (χ2v) is 11.2. The second-order valence-electron chi connectivity index (χ2n) is 11.2. The van der Waals surface area contributed by atoms with Crippen LogP contribution < -0.4 is 0 Å². The number of hydrogen-bond donors (Lipinski definition) is 0. The van der Waals surface area contributed by atoms with E-state index >= 15 is 0 Å². The van der Waals surface area contributed by atoms with Gasteiger partial charge in [-0.15, -0.1) is 0 Å². The fraction of sp³-hybridized carbons (Fsp3) is 0.840. The molecule has 9 heteroatoms. The summed E-state index contributed by atoms with van der Waals surface area (Å²) in [5.74, 6) is -1.10. The van der Waals surface area contributed by atoms with Crippen LogP contribution in [0.2, 0.25) is 0 Å². The zero-order chi connectivity index (χ0) is 25.7. The number of nitrogens with zero attached hydrogens (tertiary/aromatic N) is 1. The van der Waals surface area contributed by atoms with Crippen LogP contribution in [0.5, 0.6) is 0 Å². The molecule has 0 bridgehead atoms. The van der Waals surface area contributed by atoms with Gasteiger partial charge in [-0.1, -0.05) is 19.3 Å². The van der Waals surface area contributed by atoms with Crippen LogP contribution in [0.1, 0.15) is 99.8 Å². The Balaban J connectivity index is 2.21. The maximum atomic E-state index is 13.2. The first-order valence-corrected chi connectivity index (χ1v) is 12.3. The van der Waals surface area contributed by atoms with Crippen LogP contribution in [0.4, 0.5) is 9.59 Å². The molecule has 0 radical (unpaired) electrons. The summed E-state index contributed by atoms with van der Waals surface area (Å²) in [6, 6.07) is -1.21. The molecule has 2 amide bonds. The molecule has 2 fully saturated rings. The first-order valence-electron chi connectivity index (χ1n) is 12.3. The molecule has 0 spiro atoms. The van der Waals surface area contributed by atoms with Gasteiger partial charge < -0.3 is 18.9 Å². The van der Waals surface area contributed by atoms with Gasteiger partial charge >= 0.3 is 24.1 Å². The first kappa shape index (κ1) is 27.9. The van der Waals surface area contributed by atoms with E-state index < -0.39 is 47.6 Å². The van der Waals surface area contributed by atoms with Gasteiger partial charge in [-0.3, -0.25) is 4.79 Å². The van der Waals surface area contributed by atoms with Crippen LogP contribution in [0.25, 0.3) is 0 Å². The maximum Gasteiger partial charge on any atom is 0.420 e. The lowest BCUT2D eigenvalue weighted by Crippen LogP contribution is -2.53. The highest BCUT2D eigenvalue weighted by molar-refractivity contribution is 5.94. The van der Waals surface area contributed by atoms with Crippen molar-refractivity contribution in [2.75, 3.05) is 0 Å². The number of rotatable bonds is 3. The van der Waals surface area contributed by atoms with E-state index in [-0.39, 0.29) is 18.3 Å². The predicted octanol–water partition coefficient (Wildman–Crippen LogP) is 5.13. The monoisotopic (exact) mass is 483 g/mol. The molecule has 0 unspecified atom stereocenters. The number of ether oxygens (including phenoxy) is 4. The number of amides is 2. The molecule has 0 aromatic heterocycles. The van der Waals surface area contributed by atoms with Crippen molar-refractivity contribution in [2.24, 2.45) is 5.92 Å². The smallest absolute Gasteiger partial charge is 0.420 e. The summed E-state index contributed by atoms with van der Waals surface area (Å²) in [6.45, 7) is 11.7. The molecule has 0 aromatic rings. The minimum atomic E-state index is -1.21. The number of carbonyl (C=O) groups excluding carboxylic acids is 4. The topological polar surface area (TPSA) is 108 Å². The van der Waals surface area contributed by atoms with Crippen LogP contribution in [-0.2, 0) is 28.5 Å². The minimum Gasteiger partial charge on any atom is -0.458 e. The Morgan fingerprint density at radius 2 is 1.29 bits per heavy atom. The first-order chi connectivity index (χ1) is 15.7. The number of carbonyl (C=O) groups is 4. The molecule has 9 nitrogen and oxygen atoms in total. The summed E-state index contributed by atoms with van der Waals surface area (Å²) >= 11 is 0. The quantitative estimate of drug-likeness (QED) is 0.401. The lowest BCUT2D eigenvalue weighted by Gasteiger charge is -2.32. The molecule has 1 saturated heterocycles. The molecule has 194 valence electrons. The predicted molar refractivity (Wildman–Crippen MR) is 124 cm³/mol. The van der Waals surface area contributed by atoms with Crippen LogP contribution in [0, 0.1) is 5.92 Å². The molecular formula is C25H41NO8.